The molecule has 46 heavy (non-hydrogen) atoms. The van der Waals surface area contributed by atoms with Gasteiger partial charge in [0.25, 0.3) is 11.8 Å². The van der Waals surface area contributed by atoms with Gasteiger partial charge < -0.3 is 20.8 Å². The lowest BCUT2D eigenvalue weighted by atomic mass is 10.0. The summed E-state index contributed by atoms with van der Waals surface area (Å²) < 4.78 is 0. The van der Waals surface area contributed by atoms with Gasteiger partial charge >= 0.3 is 0 Å². The summed E-state index contributed by atoms with van der Waals surface area (Å²) in [7, 11) is 0. The lowest BCUT2D eigenvalue weighted by molar-refractivity contribution is 0.0889. The van der Waals surface area contributed by atoms with Crippen LogP contribution < -0.4 is 10.6 Å². The van der Waals surface area contributed by atoms with Crippen LogP contribution in [0.1, 0.15) is 27.6 Å². The van der Waals surface area contributed by atoms with Gasteiger partial charge in [0.15, 0.2) is 11.5 Å². The maximum absolute atomic E-state index is 13.4. The van der Waals surface area contributed by atoms with Crippen molar-refractivity contribution >= 4 is 56.1 Å². The average molecular weight is 609 g/mol. The fraction of sp³-hybridized carbons (Fsp3) is 0.0556. The van der Waals surface area contributed by atoms with Crippen LogP contribution in [-0.4, -0.2) is 28.2 Å². The largest absolute Gasteiger partial charge is 0.505 e. The molecule has 0 atom stereocenters. The molecule has 6 aromatic carbocycles. The Labute approximate surface area is 263 Å². The van der Waals surface area contributed by atoms with Crippen molar-refractivity contribution < 1.29 is 19.8 Å². The third kappa shape index (κ3) is 6.27. The number of nitrogens with one attached hydrogen (secondary N) is 2. The van der Waals surface area contributed by atoms with Crippen LogP contribution in [0.15, 0.2) is 142 Å². The molecule has 0 saturated heterocycles. The van der Waals surface area contributed by atoms with E-state index in [1.807, 2.05) is 48.5 Å². The second-order valence-electron chi connectivity index (χ2n) is 10.4. The van der Waals surface area contributed by atoms with Crippen LogP contribution in [0.25, 0.3) is 21.5 Å². The number of hydrogen-bond donors (Lipinski definition) is 4. The van der Waals surface area contributed by atoms with Crippen LogP contribution in [0.5, 0.6) is 11.5 Å². The molecule has 0 bridgehead atoms. The first-order valence-electron chi connectivity index (χ1n) is 14.4. The third-order valence-corrected chi connectivity index (χ3v) is 7.22. The Morgan fingerprint density at radius 3 is 1.33 bits per heavy atom. The Bertz CT molecular complexity index is 1980. The molecule has 0 aliphatic heterocycles. The van der Waals surface area contributed by atoms with Gasteiger partial charge in [-0.05, 0) is 54.1 Å². The van der Waals surface area contributed by atoms with Crippen molar-refractivity contribution in [3.63, 3.8) is 0 Å². The molecule has 226 valence electrons. The van der Waals surface area contributed by atoms with Gasteiger partial charge in [-0.3, -0.25) is 9.59 Å². The smallest absolute Gasteiger partial charge is 0.256 e. The molecule has 10 nitrogen and oxygen atoms in total. The van der Waals surface area contributed by atoms with Crippen LogP contribution in [0, 0.1) is 0 Å². The second kappa shape index (κ2) is 13.1. The van der Waals surface area contributed by atoms with Gasteiger partial charge in [-0.2, -0.15) is 10.2 Å². The van der Waals surface area contributed by atoms with Crippen molar-refractivity contribution in [3.05, 3.63) is 132 Å². The minimum Gasteiger partial charge on any atom is -0.505 e. The van der Waals surface area contributed by atoms with E-state index in [-0.39, 0.29) is 34.0 Å². The summed E-state index contributed by atoms with van der Waals surface area (Å²) in [4.78, 5) is 26.8. The minimum absolute atomic E-state index is 0.0426. The molecule has 0 aliphatic carbocycles. The molecule has 0 unspecified atom stereocenters. The van der Waals surface area contributed by atoms with Gasteiger partial charge in [0.1, 0.15) is 11.4 Å². The molecule has 0 saturated carbocycles. The molecule has 2 amide bonds. The normalized spacial score (nSPS) is 12.1. The van der Waals surface area contributed by atoms with E-state index in [0.29, 0.717) is 32.9 Å². The van der Waals surface area contributed by atoms with E-state index in [4.69, 9.17) is 0 Å². The first kappa shape index (κ1) is 29.6. The number of benzene rings is 6. The molecule has 0 aliphatic rings. The average Bonchev–Trinajstić information content (AvgIpc) is 3.07. The highest BCUT2D eigenvalue weighted by Gasteiger charge is 2.23. The van der Waals surface area contributed by atoms with Crippen molar-refractivity contribution in [1.29, 1.82) is 0 Å². The Hall–Kier alpha value is -6.42. The number of aromatic hydroxyl groups is 2. The minimum atomic E-state index is -0.902. The molecule has 10 heteroatoms. The van der Waals surface area contributed by atoms with E-state index in [2.05, 4.69) is 31.1 Å². The summed E-state index contributed by atoms with van der Waals surface area (Å²) in [5, 5.41) is 47.3. The van der Waals surface area contributed by atoms with E-state index in [1.54, 1.807) is 79.7 Å². The Morgan fingerprint density at radius 2 is 0.913 bits per heavy atom. The molecule has 0 spiro atoms. The van der Waals surface area contributed by atoms with Crippen LogP contribution in [0.3, 0.4) is 0 Å². The van der Waals surface area contributed by atoms with Gasteiger partial charge in [0, 0.05) is 10.8 Å². The standard InChI is InChI=1S/C36H28N6O4/c1-22(37-35(45)29-20-23-12-8-10-18-27(23)31(33(29)43)41-39-25-14-4-2-5-15-25)38-36(46)30-21-24-13-9-11-19-28(24)32(34(30)44)42-40-26-16-6-3-7-17-26/h2-22,43-44H,1H3,(H,37,45)(H,38,46). The fourth-order valence-electron chi connectivity index (χ4n) is 4.97. The number of hydrogen-bond acceptors (Lipinski definition) is 8. The zero-order valence-electron chi connectivity index (χ0n) is 24.6. The maximum Gasteiger partial charge on any atom is 0.256 e. The SMILES string of the molecule is CC(NC(=O)c1cc2ccccc2c(N=Nc2ccccc2)c1O)NC(=O)c1cc2ccccc2c(N=Nc2ccccc2)c1O. The van der Waals surface area contributed by atoms with Gasteiger partial charge in [0.2, 0.25) is 0 Å². The summed E-state index contributed by atoms with van der Waals surface area (Å²) in [6, 6.07) is 35.6. The highest BCUT2D eigenvalue weighted by molar-refractivity contribution is 6.08. The van der Waals surface area contributed by atoms with Gasteiger partial charge in [-0.25, -0.2) is 0 Å². The lowest BCUT2D eigenvalue weighted by Crippen LogP contribution is -2.45. The molecule has 4 N–H and O–H groups in total. The zero-order chi connectivity index (χ0) is 32.0. The fourth-order valence-corrected chi connectivity index (χ4v) is 4.97. The van der Waals surface area contributed by atoms with E-state index in [9.17, 15) is 19.8 Å². The number of fused-ring (bicyclic) bond motifs is 2. The third-order valence-electron chi connectivity index (χ3n) is 7.22. The number of rotatable bonds is 8. The summed E-state index contributed by atoms with van der Waals surface area (Å²) in [5.74, 6) is -2.00. The number of phenolic OH excluding ortho intramolecular Hbond substituents is 2. The first-order valence-corrected chi connectivity index (χ1v) is 14.4. The highest BCUT2D eigenvalue weighted by atomic mass is 16.3. The van der Waals surface area contributed by atoms with E-state index in [1.165, 1.54) is 0 Å². The van der Waals surface area contributed by atoms with E-state index < -0.39 is 18.0 Å². The molecule has 0 heterocycles. The number of phenols is 2. The van der Waals surface area contributed by atoms with E-state index in [0.717, 1.165) is 0 Å². The maximum atomic E-state index is 13.4. The van der Waals surface area contributed by atoms with Gasteiger partial charge in [-0.1, -0.05) is 84.9 Å². The lowest BCUT2D eigenvalue weighted by Gasteiger charge is -2.18. The highest BCUT2D eigenvalue weighted by Crippen LogP contribution is 2.40. The van der Waals surface area contributed by atoms with Crippen LogP contribution in [0.2, 0.25) is 0 Å². The molecular formula is C36H28N6O4. The molecule has 0 radical (unpaired) electrons. The number of carbonyl (C=O) groups excluding carboxylic acids is 2. The van der Waals surface area contributed by atoms with Crippen LogP contribution in [-0.2, 0) is 0 Å². The summed E-state index contributed by atoms with van der Waals surface area (Å²) in [6.07, 6.45) is -0.902. The first-order chi connectivity index (χ1) is 22.4. The van der Waals surface area contributed by atoms with Crippen molar-refractivity contribution in [2.24, 2.45) is 20.5 Å². The number of amides is 2. The summed E-state index contributed by atoms with van der Waals surface area (Å²) in [6.45, 7) is 1.57. The molecule has 6 aromatic rings. The molecule has 0 fully saturated rings. The summed E-state index contributed by atoms with van der Waals surface area (Å²) in [5.41, 5.74) is 1.36. The molecule has 6 rings (SSSR count). The second-order valence-corrected chi connectivity index (χ2v) is 10.4. The topological polar surface area (TPSA) is 148 Å². The van der Waals surface area contributed by atoms with Gasteiger partial charge in [0.05, 0.1) is 28.7 Å². The Morgan fingerprint density at radius 1 is 0.543 bits per heavy atom. The number of nitrogens with zero attached hydrogens (tertiary/aromatic N) is 4. The molecule has 0 aromatic heterocycles. The Kier molecular flexibility index (Phi) is 8.42. The monoisotopic (exact) mass is 608 g/mol. The predicted molar refractivity (Wildman–Crippen MR) is 177 cm³/mol. The van der Waals surface area contributed by atoms with Crippen molar-refractivity contribution in [1.82, 2.24) is 10.6 Å². The zero-order valence-corrected chi connectivity index (χ0v) is 24.6. The van der Waals surface area contributed by atoms with Crippen LogP contribution in [0.4, 0.5) is 22.7 Å². The van der Waals surface area contributed by atoms with Crippen LogP contribution >= 0.6 is 0 Å². The van der Waals surface area contributed by atoms with Crippen molar-refractivity contribution in [2.45, 2.75) is 13.1 Å². The predicted octanol–water partition coefficient (Wildman–Crippen LogP) is 8.74. The Balaban J connectivity index is 1.26. The van der Waals surface area contributed by atoms with Crippen molar-refractivity contribution in [3.8, 4) is 11.5 Å². The number of azo groups is 2. The van der Waals surface area contributed by atoms with Gasteiger partial charge in [-0.15, -0.1) is 10.2 Å². The van der Waals surface area contributed by atoms with E-state index >= 15 is 0 Å². The number of carbonyl (C=O) groups is 2. The van der Waals surface area contributed by atoms with Crippen molar-refractivity contribution in [2.75, 3.05) is 0 Å². The quantitative estimate of drug-likeness (QED) is 0.101. The molecular weight excluding hydrogens is 580 g/mol. The summed E-state index contributed by atoms with van der Waals surface area (Å²) >= 11 is 0.